The van der Waals surface area contributed by atoms with Crippen LogP contribution in [-0.2, 0) is 4.79 Å². The van der Waals surface area contributed by atoms with Crippen LogP contribution in [0.15, 0.2) is 111 Å². The number of rotatable bonds is 9. The van der Waals surface area contributed by atoms with Crippen molar-refractivity contribution >= 4 is 67.6 Å². The van der Waals surface area contributed by atoms with Gasteiger partial charge in [-0.3, -0.25) is 9.59 Å². The number of amides is 2. The van der Waals surface area contributed by atoms with Crippen LogP contribution in [-0.4, -0.2) is 38.1 Å². The van der Waals surface area contributed by atoms with Crippen molar-refractivity contribution in [1.29, 1.82) is 0 Å². The van der Waals surface area contributed by atoms with Crippen molar-refractivity contribution in [2.45, 2.75) is 0 Å². The molecule has 2 N–H and O–H groups in total. The van der Waals surface area contributed by atoms with E-state index in [1.807, 2.05) is 43.3 Å². The molecule has 0 aromatic heterocycles. The van der Waals surface area contributed by atoms with E-state index in [-0.39, 0.29) is 17.0 Å². The van der Waals surface area contributed by atoms with E-state index in [9.17, 15) is 18.8 Å². The first-order valence-electron chi connectivity index (χ1n) is 12.8. The molecule has 0 aliphatic rings. The second-order valence-corrected chi connectivity index (χ2v) is 11.0. The molecule has 2 amide bonds. The van der Waals surface area contributed by atoms with Gasteiger partial charge in [0.2, 0.25) is 0 Å². The summed E-state index contributed by atoms with van der Waals surface area (Å²) in [5.41, 5.74) is 4.73. The molecule has 0 aliphatic carbocycles. The van der Waals surface area contributed by atoms with E-state index in [0.717, 1.165) is 11.8 Å². The second kappa shape index (κ2) is 14.5. The highest BCUT2D eigenvalue weighted by Gasteiger charge is 2.17. The molecule has 0 radical (unpaired) electrons. The highest BCUT2D eigenvalue weighted by molar-refractivity contribution is 9.11. The van der Waals surface area contributed by atoms with Crippen LogP contribution in [0.25, 0.3) is 6.08 Å². The van der Waals surface area contributed by atoms with Crippen LogP contribution in [0.3, 0.4) is 0 Å². The summed E-state index contributed by atoms with van der Waals surface area (Å²) in [6.45, 7) is 0. The van der Waals surface area contributed by atoms with Crippen molar-refractivity contribution in [3.63, 3.8) is 0 Å². The minimum atomic E-state index is -0.782. The molecule has 4 aromatic rings. The number of hydrogen-bond acceptors (Lipinski definition) is 6. The topological polar surface area (TPSA) is 100 Å². The third-order valence-electron chi connectivity index (χ3n) is 5.91. The lowest BCUT2D eigenvalue weighted by Gasteiger charge is -2.13. The van der Waals surface area contributed by atoms with Crippen molar-refractivity contribution in [2.24, 2.45) is 5.10 Å². The number of benzene rings is 4. The Hall–Kier alpha value is -4.61. The molecule has 43 heavy (non-hydrogen) atoms. The van der Waals surface area contributed by atoms with Crippen molar-refractivity contribution in [3.8, 4) is 5.75 Å². The zero-order valence-corrected chi connectivity index (χ0v) is 26.1. The zero-order chi connectivity index (χ0) is 30.9. The summed E-state index contributed by atoms with van der Waals surface area (Å²) in [6.07, 6.45) is 2.82. The van der Waals surface area contributed by atoms with Gasteiger partial charge in [-0.1, -0.05) is 52.3 Å². The van der Waals surface area contributed by atoms with Crippen LogP contribution in [0.1, 0.15) is 31.8 Å². The summed E-state index contributed by atoms with van der Waals surface area (Å²) < 4.78 is 20.2. The van der Waals surface area contributed by atoms with Crippen LogP contribution >= 0.6 is 31.9 Å². The SMILES string of the molecule is CN(C)c1ccc(C=C(NC(=O)c2ccccc2)C(=O)NN=Cc2cc(Br)cc(Br)c2OC(=O)c2cccc(F)c2)cc1. The Morgan fingerprint density at radius 3 is 2.26 bits per heavy atom. The Balaban J connectivity index is 1.58. The number of carbonyl (C=O) groups is 3. The molecule has 8 nitrogen and oxygen atoms in total. The van der Waals surface area contributed by atoms with Crippen molar-refractivity contribution in [1.82, 2.24) is 10.7 Å². The van der Waals surface area contributed by atoms with Gasteiger partial charge >= 0.3 is 5.97 Å². The average Bonchev–Trinajstić information content (AvgIpc) is 2.99. The summed E-state index contributed by atoms with van der Waals surface area (Å²) in [5.74, 6) is -2.42. The van der Waals surface area contributed by atoms with E-state index in [1.54, 1.807) is 42.5 Å². The first-order valence-corrected chi connectivity index (χ1v) is 14.3. The molecule has 0 bridgehead atoms. The fourth-order valence-electron chi connectivity index (χ4n) is 3.75. The maximum atomic E-state index is 13.6. The summed E-state index contributed by atoms with van der Waals surface area (Å²) in [6, 6.07) is 24.3. The first kappa shape index (κ1) is 31.3. The Morgan fingerprint density at radius 2 is 1.58 bits per heavy atom. The molecule has 4 rings (SSSR count). The Labute approximate surface area is 264 Å². The average molecular weight is 708 g/mol. The number of hydrogen-bond donors (Lipinski definition) is 2. The molecule has 0 spiro atoms. The van der Waals surface area contributed by atoms with Crippen LogP contribution < -0.4 is 20.4 Å². The molecule has 218 valence electrons. The second-order valence-electron chi connectivity index (χ2n) is 9.27. The summed E-state index contributed by atoms with van der Waals surface area (Å²) in [7, 11) is 3.83. The third kappa shape index (κ3) is 8.69. The molecular weight excluding hydrogens is 683 g/mol. The fourth-order valence-corrected chi connectivity index (χ4v) is 5.09. The maximum absolute atomic E-state index is 13.6. The van der Waals surface area contributed by atoms with Gasteiger partial charge in [-0.15, -0.1) is 0 Å². The lowest BCUT2D eigenvalue weighted by Crippen LogP contribution is -2.32. The number of nitrogens with one attached hydrogen (secondary N) is 2. The molecule has 0 fully saturated rings. The largest absolute Gasteiger partial charge is 0.421 e. The minimum absolute atomic E-state index is 0.0218. The Morgan fingerprint density at radius 1 is 0.884 bits per heavy atom. The predicted molar refractivity (Wildman–Crippen MR) is 172 cm³/mol. The van der Waals surface area contributed by atoms with Crippen molar-refractivity contribution in [2.75, 3.05) is 19.0 Å². The van der Waals surface area contributed by atoms with Gasteiger partial charge in [-0.25, -0.2) is 14.6 Å². The van der Waals surface area contributed by atoms with E-state index in [2.05, 4.69) is 47.7 Å². The van der Waals surface area contributed by atoms with Gasteiger partial charge in [0, 0.05) is 35.4 Å². The lowest BCUT2D eigenvalue weighted by molar-refractivity contribution is -0.117. The monoisotopic (exact) mass is 706 g/mol. The molecular formula is C32H25Br2FN4O4. The number of halogens is 3. The van der Waals surface area contributed by atoms with E-state index < -0.39 is 23.6 Å². The number of carbonyl (C=O) groups excluding carboxylic acids is 3. The molecule has 0 atom stereocenters. The van der Waals surface area contributed by atoms with Gasteiger partial charge in [0.15, 0.2) is 5.75 Å². The van der Waals surface area contributed by atoms with E-state index in [0.29, 0.717) is 25.6 Å². The van der Waals surface area contributed by atoms with Gasteiger partial charge in [0.25, 0.3) is 11.8 Å². The minimum Gasteiger partial charge on any atom is -0.421 e. The van der Waals surface area contributed by atoms with Crippen LogP contribution in [0.4, 0.5) is 10.1 Å². The van der Waals surface area contributed by atoms with Crippen LogP contribution in [0.5, 0.6) is 5.75 Å². The highest BCUT2D eigenvalue weighted by Crippen LogP contribution is 2.32. The van der Waals surface area contributed by atoms with Gasteiger partial charge in [0.1, 0.15) is 11.5 Å². The van der Waals surface area contributed by atoms with Gasteiger partial charge in [-0.2, -0.15) is 5.10 Å². The maximum Gasteiger partial charge on any atom is 0.343 e. The van der Waals surface area contributed by atoms with Gasteiger partial charge < -0.3 is 15.0 Å². The van der Waals surface area contributed by atoms with Gasteiger partial charge in [0.05, 0.1) is 16.3 Å². The first-order chi connectivity index (χ1) is 20.6. The summed E-state index contributed by atoms with van der Waals surface area (Å²) >= 11 is 6.75. The fraction of sp³-hybridized carbons (Fsp3) is 0.0625. The number of nitrogens with zero attached hydrogens (tertiary/aromatic N) is 2. The lowest BCUT2D eigenvalue weighted by atomic mass is 10.1. The third-order valence-corrected chi connectivity index (χ3v) is 6.96. The molecule has 0 saturated heterocycles. The summed E-state index contributed by atoms with van der Waals surface area (Å²) in [5, 5.41) is 6.70. The smallest absolute Gasteiger partial charge is 0.343 e. The standard InChI is InChI=1S/C32H25Br2FN4O4/c1-39(2)26-13-11-20(12-14-26)15-28(37-30(40)21-7-4-3-5-8-21)31(41)38-36-19-23-16-24(33)18-27(34)29(23)43-32(42)22-9-6-10-25(35)17-22/h3-19H,1-2H3,(H,37,40)(H,38,41). The van der Waals surface area contributed by atoms with Crippen LogP contribution in [0, 0.1) is 5.82 Å². The predicted octanol–water partition coefficient (Wildman–Crippen LogP) is 6.56. The molecule has 0 unspecified atom stereocenters. The van der Waals surface area contributed by atoms with E-state index in [1.165, 1.54) is 30.5 Å². The zero-order valence-electron chi connectivity index (χ0n) is 23.0. The molecule has 4 aromatic carbocycles. The highest BCUT2D eigenvalue weighted by atomic mass is 79.9. The summed E-state index contributed by atoms with van der Waals surface area (Å²) in [4.78, 5) is 40.8. The van der Waals surface area contributed by atoms with Crippen molar-refractivity contribution < 1.29 is 23.5 Å². The molecule has 11 heteroatoms. The molecule has 0 aliphatic heterocycles. The molecule has 0 heterocycles. The van der Waals surface area contributed by atoms with Crippen molar-refractivity contribution in [3.05, 3.63) is 134 Å². The van der Waals surface area contributed by atoms with E-state index in [4.69, 9.17) is 4.74 Å². The van der Waals surface area contributed by atoms with Crippen LogP contribution in [0.2, 0.25) is 0 Å². The number of ether oxygens (including phenoxy) is 1. The Bertz CT molecular complexity index is 1710. The number of esters is 1. The number of hydrazone groups is 1. The number of anilines is 1. The van der Waals surface area contributed by atoms with Gasteiger partial charge in [-0.05, 0) is 82.2 Å². The molecule has 0 saturated carbocycles. The van der Waals surface area contributed by atoms with E-state index >= 15 is 0 Å². The Kier molecular flexibility index (Phi) is 10.6. The quantitative estimate of drug-likeness (QED) is 0.0676. The normalized spacial score (nSPS) is 11.2.